The van der Waals surface area contributed by atoms with Gasteiger partial charge in [-0.2, -0.15) is 13.2 Å². The van der Waals surface area contributed by atoms with E-state index in [1.807, 2.05) is 35.2 Å². The predicted octanol–water partition coefficient (Wildman–Crippen LogP) is 2.44. The molecule has 6 rings (SSSR count). The number of aromatic nitrogens is 3. The number of amides is 2. The second-order valence-electron chi connectivity index (χ2n) is 10.2. The number of fused-ring (bicyclic) bond motifs is 2. The first-order valence-corrected chi connectivity index (χ1v) is 13.0. The molecule has 1 saturated heterocycles. The van der Waals surface area contributed by atoms with Crippen LogP contribution in [0.4, 0.5) is 13.2 Å². The average Bonchev–Trinajstić information content (AvgIpc) is 3.50. The van der Waals surface area contributed by atoms with E-state index in [1.54, 1.807) is 17.0 Å². The van der Waals surface area contributed by atoms with Crippen molar-refractivity contribution in [3.05, 3.63) is 76.4 Å². The molecule has 2 amide bonds. The summed E-state index contributed by atoms with van der Waals surface area (Å²) in [5, 5.41) is 16.4. The van der Waals surface area contributed by atoms with Crippen LogP contribution in [0.1, 0.15) is 51.5 Å². The third-order valence-corrected chi connectivity index (χ3v) is 7.51. The van der Waals surface area contributed by atoms with Gasteiger partial charge in [-0.15, -0.1) is 5.10 Å². The van der Waals surface area contributed by atoms with Crippen molar-refractivity contribution < 1.29 is 32.6 Å². The Labute approximate surface area is 227 Å². The average molecular weight is 557 g/mol. The lowest BCUT2D eigenvalue weighted by Gasteiger charge is -2.35. The number of nitrogens with one attached hydrogen (secondary N) is 1. The van der Waals surface area contributed by atoms with Gasteiger partial charge < -0.3 is 20.1 Å². The van der Waals surface area contributed by atoms with Crippen molar-refractivity contribution in [2.75, 3.05) is 6.54 Å². The molecule has 4 heterocycles. The summed E-state index contributed by atoms with van der Waals surface area (Å²) in [5.74, 6) is -0.644. The number of alkyl halides is 3. The second kappa shape index (κ2) is 10.2. The molecule has 3 aliphatic rings. The third-order valence-electron chi connectivity index (χ3n) is 7.51. The third kappa shape index (κ3) is 5.13. The van der Waals surface area contributed by atoms with Crippen LogP contribution >= 0.6 is 0 Å². The number of hydrogen-bond acceptors (Lipinski definition) is 7. The van der Waals surface area contributed by atoms with Crippen molar-refractivity contribution in [1.29, 1.82) is 0 Å². The van der Waals surface area contributed by atoms with E-state index in [4.69, 9.17) is 4.74 Å². The molecule has 2 atom stereocenters. The molecule has 13 heteroatoms. The molecule has 10 nitrogen and oxygen atoms in total. The summed E-state index contributed by atoms with van der Waals surface area (Å²) in [4.78, 5) is 31.9. The molecule has 2 unspecified atom stereocenters. The fourth-order valence-electron chi connectivity index (χ4n) is 5.43. The van der Waals surface area contributed by atoms with Crippen LogP contribution in [0.25, 0.3) is 0 Å². The van der Waals surface area contributed by atoms with Gasteiger partial charge in [0.15, 0.2) is 0 Å². The topological polar surface area (TPSA) is 113 Å². The number of rotatable bonds is 6. The maximum atomic E-state index is 13.0. The monoisotopic (exact) mass is 556 g/mol. The summed E-state index contributed by atoms with van der Waals surface area (Å²) in [6.07, 6.45) is -5.03. The van der Waals surface area contributed by atoms with Crippen LogP contribution in [0.15, 0.2) is 42.5 Å². The van der Waals surface area contributed by atoms with Crippen LogP contribution in [0.3, 0.4) is 0 Å². The van der Waals surface area contributed by atoms with E-state index in [0.29, 0.717) is 43.2 Å². The lowest BCUT2D eigenvalue weighted by molar-refractivity contribution is -0.145. The molecular weight excluding hydrogens is 529 g/mol. The zero-order valence-electron chi connectivity index (χ0n) is 21.4. The van der Waals surface area contributed by atoms with Crippen LogP contribution in [-0.2, 0) is 43.8 Å². The lowest BCUT2D eigenvalue weighted by atomic mass is 10.0. The van der Waals surface area contributed by atoms with Gasteiger partial charge in [0.2, 0.25) is 5.91 Å². The van der Waals surface area contributed by atoms with Crippen molar-refractivity contribution >= 4 is 11.8 Å². The maximum absolute atomic E-state index is 13.0. The molecule has 0 spiro atoms. The summed E-state index contributed by atoms with van der Waals surface area (Å²) in [6, 6.07) is 12.6. The largest absolute Gasteiger partial charge is 0.489 e. The molecule has 2 N–H and O–H groups in total. The highest BCUT2D eigenvalue weighted by Crippen LogP contribution is 2.34. The number of carbonyl (C=O) groups excluding carboxylic acids is 2. The Morgan fingerprint density at radius 2 is 1.82 bits per heavy atom. The van der Waals surface area contributed by atoms with Crippen LogP contribution in [0.5, 0.6) is 5.75 Å². The summed E-state index contributed by atoms with van der Waals surface area (Å²) < 4.78 is 46.2. The Morgan fingerprint density at radius 1 is 1.05 bits per heavy atom. The van der Waals surface area contributed by atoms with Crippen molar-refractivity contribution in [3.8, 4) is 5.75 Å². The van der Waals surface area contributed by atoms with Crippen molar-refractivity contribution in [2.45, 2.75) is 64.1 Å². The first-order valence-electron chi connectivity index (χ1n) is 13.0. The highest BCUT2D eigenvalue weighted by molar-refractivity contribution is 5.99. The number of halogens is 3. The van der Waals surface area contributed by atoms with Crippen LogP contribution in [0.2, 0.25) is 0 Å². The number of nitrogens with zero attached hydrogens (tertiary/aromatic N) is 5. The first kappa shape index (κ1) is 26.3. The van der Waals surface area contributed by atoms with Gasteiger partial charge in [0.05, 0.1) is 25.7 Å². The van der Waals surface area contributed by atoms with E-state index in [9.17, 15) is 27.9 Å². The molecule has 0 aliphatic carbocycles. The van der Waals surface area contributed by atoms with Crippen molar-refractivity contribution in [3.63, 3.8) is 0 Å². The van der Waals surface area contributed by atoms with Crippen LogP contribution < -0.4 is 10.1 Å². The molecule has 1 aromatic heterocycles. The van der Waals surface area contributed by atoms with Gasteiger partial charge in [0.25, 0.3) is 11.7 Å². The van der Waals surface area contributed by atoms with Gasteiger partial charge >= 0.3 is 6.18 Å². The van der Waals surface area contributed by atoms with E-state index < -0.39 is 24.3 Å². The predicted molar refractivity (Wildman–Crippen MR) is 133 cm³/mol. The zero-order valence-corrected chi connectivity index (χ0v) is 21.4. The van der Waals surface area contributed by atoms with Crippen LogP contribution in [-0.4, -0.2) is 60.3 Å². The number of hydrogen-bond donors (Lipinski definition) is 2. The summed E-state index contributed by atoms with van der Waals surface area (Å²) in [6.45, 7) is 2.33. The normalized spacial score (nSPS) is 21.2. The summed E-state index contributed by atoms with van der Waals surface area (Å²) in [5.41, 5.74) is 3.20. The molecule has 0 radical (unpaired) electrons. The van der Waals surface area contributed by atoms with Crippen molar-refractivity contribution in [2.24, 2.45) is 0 Å². The van der Waals surface area contributed by atoms with Gasteiger partial charge in [-0.25, -0.2) is 9.67 Å². The Balaban J connectivity index is 1.06. The minimum Gasteiger partial charge on any atom is -0.489 e. The first-order chi connectivity index (χ1) is 19.2. The number of benzene rings is 2. The Kier molecular flexibility index (Phi) is 6.70. The minimum absolute atomic E-state index is 0.199. The fraction of sp³-hybridized carbons (Fsp3) is 0.407. The Hall–Kier alpha value is -3.97. The van der Waals surface area contributed by atoms with Gasteiger partial charge in [0.1, 0.15) is 24.4 Å². The van der Waals surface area contributed by atoms with Crippen molar-refractivity contribution in [1.82, 2.24) is 29.9 Å². The number of piperidine rings is 1. The molecule has 0 bridgehead atoms. The highest BCUT2D eigenvalue weighted by atomic mass is 19.4. The number of ether oxygens (including phenoxy) is 1. The van der Waals surface area contributed by atoms with E-state index in [0.717, 1.165) is 16.7 Å². The van der Waals surface area contributed by atoms with Crippen LogP contribution in [0, 0.1) is 0 Å². The fourth-order valence-corrected chi connectivity index (χ4v) is 5.43. The van der Waals surface area contributed by atoms with Gasteiger partial charge in [-0.1, -0.05) is 30.3 Å². The summed E-state index contributed by atoms with van der Waals surface area (Å²) >= 11 is 0. The standard InChI is InChI=1S/C27H27F3N6O4/c28-27(29,30)26-31-22-14-34(10-11-36(22)33-26)12-16-4-6-17(7-5-16)15-40-21-3-1-2-18-19(21)13-35(25(18)39)20-8-9-23(37)32-24(20)38/h1-7,20,24,38H,8-15H2,(H,32,37). The van der Waals surface area contributed by atoms with Gasteiger partial charge in [0, 0.05) is 30.6 Å². The zero-order chi connectivity index (χ0) is 28.0. The van der Waals surface area contributed by atoms with E-state index in [-0.39, 0.29) is 37.9 Å². The number of aliphatic hydroxyl groups excluding tert-OH is 1. The smallest absolute Gasteiger partial charge is 0.453 e. The number of carbonyl (C=O) groups is 2. The Bertz CT molecular complexity index is 1440. The molecule has 40 heavy (non-hydrogen) atoms. The molecular formula is C27H27F3N6O4. The molecule has 1 fully saturated rings. The molecule has 0 saturated carbocycles. The van der Waals surface area contributed by atoms with Gasteiger partial charge in [-0.3, -0.25) is 14.5 Å². The van der Waals surface area contributed by atoms with E-state index in [2.05, 4.69) is 15.4 Å². The summed E-state index contributed by atoms with van der Waals surface area (Å²) in [7, 11) is 0. The molecule has 3 aliphatic heterocycles. The maximum Gasteiger partial charge on any atom is 0.453 e. The highest BCUT2D eigenvalue weighted by Gasteiger charge is 2.40. The van der Waals surface area contributed by atoms with E-state index >= 15 is 0 Å². The lowest BCUT2D eigenvalue weighted by Crippen LogP contribution is -2.55. The number of aliphatic hydroxyl groups is 1. The second-order valence-corrected chi connectivity index (χ2v) is 10.2. The molecule has 3 aromatic rings. The minimum atomic E-state index is -4.56. The quantitative estimate of drug-likeness (QED) is 0.480. The molecule has 2 aromatic carbocycles. The SMILES string of the molecule is O=C1CCC(N2Cc3c(OCc4ccc(CN5CCn6nc(C(F)(F)F)nc6C5)cc4)cccc3C2=O)C(O)N1. The van der Waals surface area contributed by atoms with Gasteiger partial charge in [-0.05, 0) is 29.7 Å². The Morgan fingerprint density at radius 3 is 2.58 bits per heavy atom. The van der Waals surface area contributed by atoms with E-state index in [1.165, 1.54) is 4.68 Å². The molecule has 210 valence electrons.